The number of aryl methyl sites for hydroxylation is 1. The molecule has 2 heterocycles. The van der Waals surface area contributed by atoms with Crippen LogP contribution in [0.15, 0.2) is 18.2 Å². The molecule has 0 spiro atoms. The zero-order chi connectivity index (χ0) is 24.5. The largest absolute Gasteiger partial charge is 0.334 e. The Bertz CT molecular complexity index is 988. The highest BCUT2D eigenvalue weighted by Gasteiger charge is 2.49. The Labute approximate surface area is 212 Å². The molecule has 0 atom stereocenters. The Morgan fingerprint density at radius 1 is 1.00 bits per heavy atom. The lowest BCUT2D eigenvalue weighted by Crippen LogP contribution is -2.47. The normalized spacial score (nSPS) is 20.4. The number of carbonyl (C=O) groups is 3. The average molecular weight is 503 g/mol. The number of fused-ring (bicyclic) bond motifs is 1. The smallest absolute Gasteiger partial charge is 0.278 e. The third-order valence-electron chi connectivity index (χ3n) is 7.34. The van der Waals surface area contributed by atoms with Gasteiger partial charge in [-0.3, -0.25) is 24.2 Å². The van der Waals surface area contributed by atoms with Gasteiger partial charge in [-0.2, -0.15) is 0 Å². The van der Waals surface area contributed by atoms with E-state index in [4.69, 9.17) is 12.2 Å². The van der Waals surface area contributed by atoms with Crippen LogP contribution in [0, 0.1) is 0 Å². The van der Waals surface area contributed by atoms with E-state index >= 15 is 0 Å². The van der Waals surface area contributed by atoms with Crippen molar-refractivity contribution in [1.29, 1.82) is 0 Å². The molecule has 2 saturated heterocycles. The molecule has 2 amide bonds. The van der Waals surface area contributed by atoms with Crippen molar-refractivity contribution in [3.05, 3.63) is 29.3 Å². The third-order valence-corrected chi connectivity index (χ3v) is 8.03. The first-order chi connectivity index (χ1) is 16.2. The van der Waals surface area contributed by atoms with Crippen LogP contribution in [0.1, 0.15) is 61.9 Å². The summed E-state index contributed by atoms with van der Waals surface area (Å²) in [5.41, 5.74) is 1.86. The highest BCUT2D eigenvalue weighted by molar-refractivity contribution is 7.96. The summed E-state index contributed by atoms with van der Waals surface area (Å²) in [4.78, 5) is 44.5. The van der Waals surface area contributed by atoms with Gasteiger partial charge in [0.1, 0.15) is 5.54 Å². The Morgan fingerprint density at radius 3 is 2.35 bits per heavy atom. The monoisotopic (exact) mass is 502 g/mol. The molecule has 7 nitrogen and oxygen atoms in total. The van der Waals surface area contributed by atoms with E-state index in [0.717, 1.165) is 88.2 Å². The molecular formula is C25H34N4O3S2. The molecule has 2 aliphatic heterocycles. The average Bonchev–Trinajstić information content (AvgIpc) is 3.25. The van der Waals surface area contributed by atoms with E-state index < -0.39 is 5.54 Å². The summed E-state index contributed by atoms with van der Waals surface area (Å²) in [6, 6.07) is 5.63. The number of ketones is 1. The molecular weight excluding hydrogens is 468 g/mol. The van der Waals surface area contributed by atoms with Crippen LogP contribution >= 0.6 is 24.8 Å². The quantitative estimate of drug-likeness (QED) is 0.332. The first-order valence-corrected chi connectivity index (χ1v) is 13.1. The molecule has 3 aliphatic rings. The second kappa shape index (κ2) is 10.3. The number of anilines is 1. The van der Waals surface area contributed by atoms with Crippen molar-refractivity contribution in [2.45, 2.75) is 57.9 Å². The molecule has 34 heavy (non-hydrogen) atoms. The lowest BCUT2D eigenvalue weighted by molar-refractivity contribution is -0.123. The van der Waals surface area contributed by atoms with E-state index in [1.807, 2.05) is 32.0 Å². The molecule has 0 saturated carbocycles. The van der Waals surface area contributed by atoms with Gasteiger partial charge in [0.25, 0.3) is 11.1 Å². The van der Waals surface area contributed by atoms with Crippen molar-refractivity contribution >= 4 is 52.6 Å². The van der Waals surface area contributed by atoms with Gasteiger partial charge in [0.2, 0.25) is 0 Å². The summed E-state index contributed by atoms with van der Waals surface area (Å²) in [6.07, 6.45) is 5.59. The molecule has 184 valence electrons. The molecule has 1 aromatic rings. The molecule has 0 bridgehead atoms. The topological polar surface area (TPSA) is 64.2 Å². The number of nitrogens with zero attached hydrogens (tertiary/aromatic N) is 4. The van der Waals surface area contributed by atoms with Crippen molar-refractivity contribution in [1.82, 2.24) is 14.7 Å². The van der Waals surface area contributed by atoms with Gasteiger partial charge in [0.15, 0.2) is 10.9 Å². The van der Waals surface area contributed by atoms with Crippen molar-refractivity contribution in [2.75, 3.05) is 44.2 Å². The molecule has 9 heteroatoms. The third kappa shape index (κ3) is 5.02. The van der Waals surface area contributed by atoms with Crippen LogP contribution in [-0.2, 0) is 11.2 Å². The van der Waals surface area contributed by atoms with E-state index in [2.05, 4.69) is 22.4 Å². The first kappa shape index (κ1) is 25.1. The van der Waals surface area contributed by atoms with E-state index in [9.17, 15) is 14.4 Å². The van der Waals surface area contributed by atoms with Gasteiger partial charge < -0.3 is 9.80 Å². The predicted molar refractivity (Wildman–Crippen MR) is 141 cm³/mol. The predicted octanol–water partition coefficient (Wildman–Crippen LogP) is 3.76. The molecule has 4 rings (SSSR count). The Balaban J connectivity index is 1.25. The van der Waals surface area contributed by atoms with Gasteiger partial charge >= 0.3 is 0 Å². The minimum Gasteiger partial charge on any atom is -0.334 e. The second-order valence-corrected chi connectivity index (χ2v) is 10.7. The first-order valence-electron chi connectivity index (χ1n) is 12.2. The maximum absolute atomic E-state index is 13.3. The van der Waals surface area contributed by atoms with Gasteiger partial charge in [-0.1, -0.05) is 25.5 Å². The van der Waals surface area contributed by atoms with Gasteiger partial charge in [0.05, 0.1) is 5.69 Å². The van der Waals surface area contributed by atoms with E-state index in [-0.39, 0.29) is 16.9 Å². The SMILES string of the molecule is CC1(C)C(=O)N(c2ccc3c(c2)CCC3=O)C(=S)N1CCCCCCN1CCN(C(=O)S)CC1. The summed E-state index contributed by atoms with van der Waals surface area (Å²) >= 11 is 9.66. The Hall–Kier alpha value is -1.97. The minimum atomic E-state index is -0.685. The number of Topliss-reactive ketones (excluding diaryl/α,β-unsaturated/α-hetero) is 1. The maximum atomic E-state index is 13.3. The summed E-state index contributed by atoms with van der Waals surface area (Å²) in [6.45, 7) is 9.02. The molecule has 0 unspecified atom stereocenters. The number of hydrogen-bond donors (Lipinski definition) is 1. The minimum absolute atomic E-state index is 0.0133. The standard InChI is InChI=1S/C25H34N4O3S2/c1-25(2)22(31)29(19-8-9-20-18(17-19)7-10-21(20)30)23(33)28(25)12-6-4-3-5-11-26-13-15-27(16-14-26)24(32)34/h8-9,17H,3-7,10-16H2,1-2H3,(H,32,34). The summed E-state index contributed by atoms with van der Waals surface area (Å²) in [7, 11) is 0. The van der Waals surface area contributed by atoms with Crippen molar-refractivity contribution < 1.29 is 14.4 Å². The molecule has 0 N–H and O–H groups in total. The van der Waals surface area contributed by atoms with Crippen LogP contribution in [0.3, 0.4) is 0 Å². The summed E-state index contributed by atoms with van der Waals surface area (Å²) < 4.78 is 0. The fraction of sp³-hybridized carbons (Fsp3) is 0.600. The number of benzene rings is 1. The molecule has 0 aromatic heterocycles. The Morgan fingerprint density at radius 2 is 1.68 bits per heavy atom. The van der Waals surface area contributed by atoms with Crippen molar-refractivity contribution in [3.63, 3.8) is 0 Å². The highest BCUT2D eigenvalue weighted by atomic mass is 32.1. The van der Waals surface area contributed by atoms with Crippen LogP contribution in [0.4, 0.5) is 10.5 Å². The zero-order valence-electron chi connectivity index (χ0n) is 20.1. The van der Waals surface area contributed by atoms with Gasteiger partial charge in [-0.25, -0.2) is 0 Å². The van der Waals surface area contributed by atoms with Crippen molar-refractivity contribution in [3.8, 4) is 0 Å². The fourth-order valence-corrected chi connectivity index (χ4v) is 5.85. The van der Waals surface area contributed by atoms with Gasteiger partial charge in [-0.05, 0) is 75.6 Å². The molecule has 0 radical (unpaired) electrons. The van der Waals surface area contributed by atoms with E-state index in [1.165, 1.54) is 0 Å². The molecule has 1 aromatic carbocycles. The van der Waals surface area contributed by atoms with Crippen LogP contribution in [0.2, 0.25) is 0 Å². The zero-order valence-corrected chi connectivity index (χ0v) is 21.8. The lowest BCUT2D eigenvalue weighted by atomic mass is 10.0. The van der Waals surface area contributed by atoms with E-state index in [1.54, 1.807) is 9.80 Å². The number of rotatable bonds is 8. The van der Waals surface area contributed by atoms with E-state index in [0.29, 0.717) is 11.5 Å². The summed E-state index contributed by atoms with van der Waals surface area (Å²) in [5.74, 6) is 0.162. The number of unbranched alkanes of at least 4 members (excludes halogenated alkanes) is 3. The van der Waals surface area contributed by atoms with Crippen LogP contribution < -0.4 is 4.90 Å². The van der Waals surface area contributed by atoms with Gasteiger partial charge in [0, 0.05) is 44.7 Å². The van der Waals surface area contributed by atoms with Crippen LogP contribution in [0.5, 0.6) is 0 Å². The molecule has 2 fully saturated rings. The van der Waals surface area contributed by atoms with Gasteiger partial charge in [-0.15, -0.1) is 0 Å². The maximum Gasteiger partial charge on any atom is 0.278 e. The highest BCUT2D eigenvalue weighted by Crippen LogP contribution is 2.35. The lowest BCUT2D eigenvalue weighted by Gasteiger charge is -2.33. The number of carbonyl (C=O) groups excluding carboxylic acids is 3. The number of thiocarbonyl (C=S) groups is 1. The number of piperazine rings is 1. The van der Waals surface area contributed by atoms with Crippen LogP contribution in [-0.4, -0.2) is 81.5 Å². The van der Waals surface area contributed by atoms with Crippen LogP contribution in [0.25, 0.3) is 0 Å². The van der Waals surface area contributed by atoms with Crippen molar-refractivity contribution in [2.24, 2.45) is 0 Å². The number of thiol groups is 1. The molecule has 1 aliphatic carbocycles. The second-order valence-electron chi connectivity index (χ2n) is 9.92. The summed E-state index contributed by atoms with van der Waals surface area (Å²) in [5, 5.41) is 0.418. The Kier molecular flexibility index (Phi) is 7.64. The fourth-order valence-electron chi connectivity index (χ4n) is 5.14. The number of hydrogen-bond acceptors (Lipinski definition) is 5. The number of amides is 2.